The molecule has 2 N–H and O–H groups in total. The van der Waals surface area contributed by atoms with Crippen molar-refractivity contribution in [1.82, 2.24) is 10.2 Å². The number of allylic oxidation sites excluding steroid dienone is 1. The van der Waals surface area contributed by atoms with Crippen LogP contribution in [0.3, 0.4) is 0 Å². The Kier molecular flexibility index (Phi) is 4.97. The second kappa shape index (κ2) is 6.08. The van der Waals surface area contributed by atoms with Crippen LogP contribution in [0, 0.1) is 5.41 Å². The van der Waals surface area contributed by atoms with Crippen molar-refractivity contribution in [3.63, 3.8) is 0 Å². The van der Waals surface area contributed by atoms with Crippen LogP contribution in [0.2, 0.25) is 0 Å². The lowest BCUT2D eigenvalue weighted by Crippen LogP contribution is -2.41. The van der Waals surface area contributed by atoms with E-state index in [4.69, 9.17) is 10.1 Å². The summed E-state index contributed by atoms with van der Waals surface area (Å²) in [5.74, 6) is 0.538. The number of likely N-dealkylation sites (tertiary alicyclic amines) is 1. The lowest BCUT2D eigenvalue weighted by atomic mass is 10.2. The first kappa shape index (κ1) is 15.5. The number of ether oxygens (including phenoxy) is 1. The number of nitrogens with zero attached hydrogens (tertiary/aromatic N) is 1. The van der Waals surface area contributed by atoms with Crippen LogP contribution < -0.4 is 5.32 Å². The number of carbonyl (C=O) groups is 1. The molecule has 1 amide bonds. The van der Waals surface area contributed by atoms with E-state index < -0.39 is 5.60 Å². The van der Waals surface area contributed by atoms with Crippen LogP contribution in [0.4, 0.5) is 4.79 Å². The Bertz CT molecular complexity index is 383. The summed E-state index contributed by atoms with van der Waals surface area (Å²) in [5, 5.41) is 10.9. The Morgan fingerprint density at radius 3 is 2.63 bits per heavy atom. The third-order valence-corrected chi connectivity index (χ3v) is 3.03. The van der Waals surface area contributed by atoms with E-state index in [-0.39, 0.29) is 12.1 Å². The maximum atomic E-state index is 11.7. The summed E-state index contributed by atoms with van der Waals surface area (Å²) in [5.41, 5.74) is 0.481. The van der Waals surface area contributed by atoms with Gasteiger partial charge < -0.3 is 15.0 Å². The van der Waals surface area contributed by atoms with Crippen LogP contribution in [0.5, 0.6) is 0 Å². The zero-order valence-electron chi connectivity index (χ0n) is 12.5. The predicted octanol–water partition coefficient (Wildman–Crippen LogP) is 2.53. The SMILES string of the molecule is CC=C(C)C(=N)N1CCC(NC(=O)OC(C)(C)C)C1. The highest BCUT2D eigenvalue weighted by atomic mass is 16.6. The molecule has 5 nitrogen and oxygen atoms in total. The lowest BCUT2D eigenvalue weighted by Gasteiger charge is -2.22. The van der Waals surface area contributed by atoms with Gasteiger partial charge in [-0.1, -0.05) is 6.08 Å². The van der Waals surface area contributed by atoms with Gasteiger partial charge in [0.15, 0.2) is 0 Å². The second-order valence-electron chi connectivity index (χ2n) is 5.90. The van der Waals surface area contributed by atoms with Crippen LogP contribution >= 0.6 is 0 Å². The highest BCUT2D eigenvalue weighted by Gasteiger charge is 2.27. The molecular weight excluding hydrogens is 242 g/mol. The van der Waals surface area contributed by atoms with Crippen LogP contribution in [0.1, 0.15) is 41.0 Å². The van der Waals surface area contributed by atoms with Gasteiger partial charge in [0.2, 0.25) is 0 Å². The van der Waals surface area contributed by atoms with Gasteiger partial charge in [0.1, 0.15) is 11.4 Å². The fourth-order valence-corrected chi connectivity index (χ4v) is 1.94. The Hall–Kier alpha value is -1.52. The summed E-state index contributed by atoms with van der Waals surface area (Å²) < 4.78 is 5.23. The molecule has 1 heterocycles. The largest absolute Gasteiger partial charge is 0.444 e. The average molecular weight is 267 g/mol. The van der Waals surface area contributed by atoms with Crippen LogP contribution in [0.25, 0.3) is 0 Å². The fraction of sp³-hybridized carbons (Fsp3) is 0.714. The molecule has 19 heavy (non-hydrogen) atoms. The van der Waals surface area contributed by atoms with Gasteiger partial charge in [0.05, 0.1) is 6.04 Å². The van der Waals surface area contributed by atoms with Crippen molar-refractivity contribution in [2.45, 2.75) is 52.7 Å². The third-order valence-electron chi connectivity index (χ3n) is 3.03. The molecule has 1 aliphatic heterocycles. The van der Waals surface area contributed by atoms with Gasteiger partial charge in [0.25, 0.3) is 0 Å². The molecule has 1 aliphatic rings. The second-order valence-corrected chi connectivity index (χ2v) is 5.90. The van der Waals surface area contributed by atoms with Crippen molar-refractivity contribution in [3.8, 4) is 0 Å². The summed E-state index contributed by atoms with van der Waals surface area (Å²) in [6.07, 6.45) is 2.39. The zero-order valence-corrected chi connectivity index (χ0v) is 12.5. The molecule has 0 aliphatic carbocycles. The molecule has 0 spiro atoms. The van der Waals surface area contributed by atoms with E-state index in [1.165, 1.54) is 0 Å². The maximum absolute atomic E-state index is 11.7. The quantitative estimate of drug-likeness (QED) is 0.597. The normalized spacial score (nSPS) is 20.4. The van der Waals surface area contributed by atoms with Gasteiger partial charge in [-0.05, 0) is 46.6 Å². The standard InChI is InChI=1S/C14H25N3O2/c1-6-10(2)12(15)17-8-7-11(9-17)16-13(18)19-14(3,4)5/h6,11,15H,7-9H2,1-5H3,(H,16,18). The van der Waals surface area contributed by atoms with Gasteiger partial charge in [-0.2, -0.15) is 0 Å². The number of rotatable bonds is 2. The van der Waals surface area contributed by atoms with E-state index in [0.717, 1.165) is 18.5 Å². The fourth-order valence-electron chi connectivity index (χ4n) is 1.94. The third kappa shape index (κ3) is 4.93. The number of hydrogen-bond donors (Lipinski definition) is 2. The molecule has 0 bridgehead atoms. The van der Waals surface area contributed by atoms with E-state index >= 15 is 0 Å². The van der Waals surface area contributed by atoms with Crippen molar-refractivity contribution >= 4 is 11.9 Å². The molecule has 1 unspecified atom stereocenters. The summed E-state index contributed by atoms with van der Waals surface area (Å²) >= 11 is 0. The molecule has 1 rings (SSSR count). The molecule has 108 valence electrons. The number of hydrogen-bond acceptors (Lipinski definition) is 3. The van der Waals surface area contributed by atoms with Crippen molar-refractivity contribution < 1.29 is 9.53 Å². The first-order valence-corrected chi connectivity index (χ1v) is 6.69. The number of amidine groups is 1. The summed E-state index contributed by atoms with van der Waals surface area (Å²) in [6.45, 7) is 10.9. The topological polar surface area (TPSA) is 65.4 Å². The van der Waals surface area contributed by atoms with Crippen molar-refractivity contribution in [2.24, 2.45) is 0 Å². The van der Waals surface area contributed by atoms with Crippen LogP contribution in [0.15, 0.2) is 11.6 Å². The van der Waals surface area contributed by atoms with Crippen molar-refractivity contribution in [3.05, 3.63) is 11.6 Å². The van der Waals surface area contributed by atoms with Gasteiger partial charge in [-0.15, -0.1) is 0 Å². The van der Waals surface area contributed by atoms with E-state index in [1.54, 1.807) is 0 Å². The van der Waals surface area contributed by atoms with E-state index in [1.807, 2.05) is 45.6 Å². The van der Waals surface area contributed by atoms with Gasteiger partial charge in [-0.3, -0.25) is 5.41 Å². The molecule has 1 atom stereocenters. The Balaban J connectivity index is 2.45. The van der Waals surface area contributed by atoms with Gasteiger partial charge in [-0.25, -0.2) is 4.79 Å². The van der Waals surface area contributed by atoms with E-state index in [2.05, 4.69) is 5.32 Å². The summed E-state index contributed by atoms with van der Waals surface area (Å²) in [4.78, 5) is 13.6. The molecule has 0 aromatic rings. The maximum Gasteiger partial charge on any atom is 0.407 e. The minimum absolute atomic E-state index is 0.0554. The molecule has 1 fully saturated rings. The molecule has 1 saturated heterocycles. The number of nitrogens with one attached hydrogen (secondary N) is 2. The van der Waals surface area contributed by atoms with Crippen LogP contribution in [-0.4, -0.2) is 41.6 Å². The van der Waals surface area contributed by atoms with E-state index in [9.17, 15) is 4.79 Å². The highest BCUT2D eigenvalue weighted by molar-refractivity contribution is 5.95. The minimum atomic E-state index is -0.476. The molecule has 0 aromatic heterocycles. The molecule has 0 radical (unpaired) electrons. The Labute approximate surface area is 115 Å². The number of carbonyl (C=O) groups excluding carboxylic acids is 1. The molecule has 0 saturated carbocycles. The van der Waals surface area contributed by atoms with Gasteiger partial charge in [0, 0.05) is 13.1 Å². The summed E-state index contributed by atoms with van der Waals surface area (Å²) in [7, 11) is 0. The molecular formula is C14H25N3O2. The Morgan fingerprint density at radius 2 is 2.11 bits per heavy atom. The van der Waals surface area contributed by atoms with E-state index in [0.29, 0.717) is 12.4 Å². The lowest BCUT2D eigenvalue weighted by molar-refractivity contribution is 0.0507. The average Bonchev–Trinajstić information content (AvgIpc) is 2.72. The van der Waals surface area contributed by atoms with Crippen LogP contribution in [-0.2, 0) is 4.74 Å². The Morgan fingerprint density at radius 1 is 1.47 bits per heavy atom. The zero-order chi connectivity index (χ0) is 14.6. The number of alkyl carbamates (subject to hydrolysis) is 1. The number of amides is 1. The minimum Gasteiger partial charge on any atom is -0.444 e. The first-order chi connectivity index (χ1) is 8.73. The smallest absolute Gasteiger partial charge is 0.407 e. The predicted molar refractivity (Wildman–Crippen MR) is 76.5 cm³/mol. The summed E-state index contributed by atoms with van der Waals surface area (Å²) in [6, 6.07) is 0.0554. The first-order valence-electron chi connectivity index (χ1n) is 6.69. The molecule has 0 aromatic carbocycles. The van der Waals surface area contributed by atoms with Crippen molar-refractivity contribution in [1.29, 1.82) is 5.41 Å². The molecule has 5 heteroatoms. The van der Waals surface area contributed by atoms with Gasteiger partial charge >= 0.3 is 6.09 Å². The monoisotopic (exact) mass is 267 g/mol. The van der Waals surface area contributed by atoms with Crippen molar-refractivity contribution in [2.75, 3.05) is 13.1 Å². The highest BCUT2D eigenvalue weighted by Crippen LogP contribution is 2.14.